The minimum atomic E-state index is 0.0147. The van der Waals surface area contributed by atoms with E-state index in [0.717, 1.165) is 11.5 Å². The molecule has 4 heteroatoms. The summed E-state index contributed by atoms with van der Waals surface area (Å²) in [5, 5.41) is 17.0. The third kappa shape index (κ3) is 4.67. The minimum Gasteiger partial charge on any atom is -0.442 e. The van der Waals surface area contributed by atoms with Gasteiger partial charge >= 0.3 is 0 Å². The lowest BCUT2D eigenvalue weighted by Crippen LogP contribution is -2.11. The highest BCUT2D eigenvalue weighted by molar-refractivity contribution is 5.85. The van der Waals surface area contributed by atoms with Gasteiger partial charge in [-0.2, -0.15) is 5.10 Å². The summed E-state index contributed by atoms with van der Waals surface area (Å²) in [4.78, 5) is 0. The van der Waals surface area contributed by atoms with Crippen LogP contribution in [0.1, 0.15) is 26.3 Å². The summed E-state index contributed by atoms with van der Waals surface area (Å²) in [5.74, 6) is 1.23. The van der Waals surface area contributed by atoms with Gasteiger partial charge in [-0.25, -0.2) is 0 Å². The molecule has 4 nitrogen and oxygen atoms in total. The number of ether oxygens (including phenoxy) is 1. The molecule has 0 aromatic heterocycles. The molecule has 0 spiro atoms. The molecule has 0 aliphatic rings. The topological polar surface area (TPSA) is 54.2 Å². The summed E-state index contributed by atoms with van der Waals surface area (Å²) in [6, 6.07) is 7.73. The van der Waals surface area contributed by atoms with E-state index in [1.54, 1.807) is 6.92 Å². The molecule has 18 heavy (non-hydrogen) atoms. The Balaban J connectivity index is 2.65. The molecule has 0 bridgehead atoms. The highest BCUT2D eigenvalue weighted by Crippen LogP contribution is 2.11. The lowest BCUT2D eigenvalue weighted by atomic mass is 10.1. The van der Waals surface area contributed by atoms with Crippen LogP contribution in [0.3, 0.4) is 0 Å². The van der Waals surface area contributed by atoms with E-state index in [1.165, 1.54) is 5.56 Å². The predicted octanol–water partition coefficient (Wildman–Crippen LogP) is 2.80. The lowest BCUT2D eigenvalue weighted by molar-refractivity contribution is 0.269. The van der Waals surface area contributed by atoms with Gasteiger partial charge in [0.15, 0.2) is 0 Å². The van der Waals surface area contributed by atoms with E-state index in [9.17, 15) is 0 Å². The van der Waals surface area contributed by atoms with Gasteiger partial charge in [0.25, 0.3) is 0 Å². The van der Waals surface area contributed by atoms with Gasteiger partial charge in [-0.3, -0.25) is 0 Å². The molecule has 0 amide bonds. The molecule has 0 fully saturated rings. The zero-order valence-corrected chi connectivity index (χ0v) is 11.3. The van der Waals surface area contributed by atoms with Gasteiger partial charge in [0.2, 0.25) is 5.90 Å². The second-order valence-corrected chi connectivity index (χ2v) is 4.36. The Morgan fingerprint density at radius 3 is 2.39 bits per heavy atom. The van der Waals surface area contributed by atoms with Crippen molar-refractivity contribution in [3.05, 3.63) is 29.8 Å². The lowest BCUT2D eigenvalue weighted by Gasteiger charge is -2.06. The number of rotatable bonds is 4. The van der Waals surface area contributed by atoms with Crippen molar-refractivity contribution in [1.29, 1.82) is 0 Å². The smallest absolute Gasteiger partial charge is 0.211 e. The first kappa shape index (κ1) is 14.4. The maximum Gasteiger partial charge on any atom is 0.211 e. The number of hydrogen-bond donors (Lipinski definition) is 1. The monoisotopic (exact) mass is 248 g/mol. The number of aliphatic hydroxyl groups excluding tert-OH is 1. The van der Waals surface area contributed by atoms with E-state index >= 15 is 0 Å². The highest BCUT2D eigenvalue weighted by Gasteiger charge is 2.03. The van der Waals surface area contributed by atoms with Crippen molar-refractivity contribution in [3.63, 3.8) is 0 Å². The molecule has 1 aromatic carbocycles. The van der Waals surface area contributed by atoms with Crippen molar-refractivity contribution in [3.8, 4) is 5.75 Å². The van der Waals surface area contributed by atoms with Crippen LogP contribution in [0, 0.1) is 12.8 Å². The molecule has 0 saturated heterocycles. The largest absolute Gasteiger partial charge is 0.442 e. The fourth-order valence-electron chi connectivity index (χ4n) is 1.18. The van der Waals surface area contributed by atoms with E-state index < -0.39 is 0 Å². The van der Waals surface area contributed by atoms with Crippen LogP contribution in [0.2, 0.25) is 0 Å². The van der Waals surface area contributed by atoms with Gasteiger partial charge in [-0.05, 0) is 26.0 Å². The molecule has 1 atom stereocenters. The molecular weight excluding hydrogens is 228 g/mol. The zero-order chi connectivity index (χ0) is 13.5. The number of hydrogen-bond acceptors (Lipinski definition) is 4. The maximum absolute atomic E-state index is 8.97. The van der Waals surface area contributed by atoms with E-state index in [-0.39, 0.29) is 12.5 Å². The second kappa shape index (κ2) is 6.91. The summed E-state index contributed by atoms with van der Waals surface area (Å²) < 4.78 is 5.51. The summed E-state index contributed by atoms with van der Waals surface area (Å²) in [5.41, 5.74) is 1.96. The van der Waals surface area contributed by atoms with E-state index in [1.807, 2.05) is 45.0 Å². The summed E-state index contributed by atoms with van der Waals surface area (Å²) in [7, 11) is 0. The van der Waals surface area contributed by atoms with Crippen LogP contribution >= 0.6 is 0 Å². The molecule has 1 N–H and O–H groups in total. The van der Waals surface area contributed by atoms with Gasteiger partial charge < -0.3 is 9.84 Å². The van der Waals surface area contributed by atoms with Crippen molar-refractivity contribution in [2.45, 2.75) is 27.7 Å². The Kier molecular flexibility index (Phi) is 5.52. The number of nitrogens with zero attached hydrogens (tertiary/aromatic N) is 2. The minimum absolute atomic E-state index is 0.0147. The van der Waals surface area contributed by atoms with Crippen molar-refractivity contribution in [2.75, 3.05) is 6.61 Å². The Morgan fingerprint density at radius 1 is 1.22 bits per heavy atom. The van der Waals surface area contributed by atoms with Crippen LogP contribution in [0.5, 0.6) is 5.75 Å². The number of aliphatic hydroxyl groups is 1. The van der Waals surface area contributed by atoms with Gasteiger partial charge in [-0.15, -0.1) is 5.10 Å². The third-order valence-corrected chi connectivity index (χ3v) is 2.62. The van der Waals surface area contributed by atoms with Gasteiger partial charge in [0, 0.05) is 18.6 Å². The first-order chi connectivity index (χ1) is 8.52. The fraction of sp³-hybridized carbons (Fsp3) is 0.429. The van der Waals surface area contributed by atoms with Crippen LogP contribution in [-0.4, -0.2) is 23.3 Å². The molecule has 0 heterocycles. The molecule has 98 valence electrons. The normalized spacial score (nSPS) is 14.5. The van der Waals surface area contributed by atoms with Crippen molar-refractivity contribution in [2.24, 2.45) is 16.1 Å². The van der Waals surface area contributed by atoms with Crippen LogP contribution in [0.15, 0.2) is 34.5 Å². The quantitative estimate of drug-likeness (QED) is 0.506. The average molecular weight is 248 g/mol. The van der Waals surface area contributed by atoms with Crippen LogP contribution < -0.4 is 4.74 Å². The standard InChI is InChI=1S/C14H20N2O2/c1-10-5-7-14(8-6-10)18-13(4)16-15-12(3)11(2)9-17/h5-8,11,17H,9H2,1-4H3/b15-12+,16-13+/t11-/m0/s1. The summed E-state index contributed by atoms with van der Waals surface area (Å²) in [6.07, 6.45) is 0. The first-order valence-corrected chi connectivity index (χ1v) is 5.97. The van der Waals surface area contributed by atoms with Crippen molar-refractivity contribution >= 4 is 11.6 Å². The Morgan fingerprint density at radius 2 is 1.83 bits per heavy atom. The molecule has 1 aromatic rings. The van der Waals surface area contributed by atoms with Crippen LogP contribution in [-0.2, 0) is 0 Å². The molecule has 0 radical (unpaired) electrons. The average Bonchev–Trinajstić information content (AvgIpc) is 2.37. The molecule has 0 aliphatic heterocycles. The Hall–Kier alpha value is -1.68. The third-order valence-electron chi connectivity index (χ3n) is 2.62. The van der Waals surface area contributed by atoms with Gasteiger partial charge in [0.05, 0.1) is 6.61 Å². The molecule has 1 rings (SSSR count). The van der Waals surface area contributed by atoms with Crippen LogP contribution in [0.25, 0.3) is 0 Å². The predicted molar refractivity (Wildman–Crippen MR) is 74.3 cm³/mol. The molecule has 0 unspecified atom stereocenters. The molecule has 0 aliphatic carbocycles. The molecule has 0 saturated carbocycles. The fourth-order valence-corrected chi connectivity index (χ4v) is 1.18. The van der Waals surface area contributed by atoms with Crippen LogP contribution in [0.4, 0.5) is 0 Å². The summed E-state index contributed by atoms with van der Waals surface area (Å²) in [6.45, 7) is 7.58. The Bertz CT molecular complexity index is 436. The van der Waals surface area contributed by atoms with E-state index in [2.05, 4.69) is 10.2 Å². The number of benzene rings is 1. The van der Waals surface area contributed by atoms with E-state index in [4.69, 9.17) is 9.84 Å². The SMILES string of the molecule is C/C(=N\N=C(/C)[C@@H](C)CO)Oc1ccc(C)cc1. The van der Waals surface area contributed by atoms with Gasteiger partial charge in [0.1, 0.15) is 5.75 Å². The first-order valence-electron chi connectivity index (χ1n) is 5.97. The maximum atomic E-state index is 8.97. The van der Waals surface area contributed by atoms with Crippen molar-refractivity contribution in [1.82, 2.24) is 0 Å². The van der Waals surface area contributed by atoms with Gasteiger partial charge in [-0.1, -0.05) is 24.6 Å². The van der Waals surface area contributed by atoms with Crippen molar-refractivity contribution < 1.29 is 9.84 Å². The highest BCUT2D eigenvalue weighted by atomic mass is 16.5. The Labute approximate surface area is 108 Å². The zero-order valence-electron chi connectivity index (χ0n) is 11.3. The van der Waals surface area contributed by atoms with E-state index in [0.29, 0.717) is 5.90 Å². The summed E-state index contributed by atoms with van der Waals surface area (Å²) >= 11 is 0. The molecular formula is C14H20N2O2. The second-order valence-electron chi connectivity index (χ2n) is 4.36. The number of aryl methyl sites for hydroxylation is 1.